The average molecular weight is 289 g/mol. The second-order valence-corrected chi connectivity index (χ2v) is 4.54. The van der Waals surface area contributed by atoms with Crippen LogP contribution in [0, 0.1) is 0 Å². The van der Waals surface area contributed by atoms with E-state index in [0.717, 1.165) is 0 Å². The molecule has 0 saturated carbocycles. The summed E-state index contributed by atoms with van der Waals surface area (Å²) < 4.78 is 0. The summed E-state index contributed by atoms with van der Waals surface area (Å²) in [6.45, 7) is 0. The van der Waals surface area contributed by atoms with Crippen molar-refractivity contribution < 1.29 is 0 Å². The average Bonchev–Trinajstić information content (AvgIpc) is 2.26. The van der Waals surface area contributed by atoms with Gasteiger partial charge >= 0.3 is 0 Å². The number of hydrogen-bond acceptors (Lipinski definition) is 3. The lowest BCUT2D eigenvalue weighted by molar-refractivity contribution is 1.31. The molecule has 88 valence electrons. The standard InChI is InChI=1S/C11H8Cl3N3/c12-7-2-1-3-8(13)10(7)17-11-9(14)4-6(15)5-16-11/h1-5H,15H2,(H,16,17). The maximum atomic E-state index is 6.02. The van der Waals surface area contributed by atoms with Crippen LogP contribution in [0.5, 0.6) is 0 Å². The van der Waals surface area contributed by atoms with Gasteiger partial charge in [-0.15, -0.1) is 0 Å². The highest BCUT2D eigenvalue weighted by atomic mass is 35.5. The number of para-hydroxylation sites is 1. The number of hydrogen-bond donors (Lipinski definition) is 2. The molecule has 0 bridgehead atoms. The quantitative estimate of drug-likeness (QED) is 0.863. The Morgan fingerprint density at radius 1 is 1.06 bits per heavy atom. The number of nitrogens with one attached hydrogen (secondary N) is 1. The van der Waals surface area contributed by atoms with E-state index in [1.165, 1.54) is 6.20 Å². The number of rotatable bonds is 2. The topological polar surface area (TPSA) is 50.9 Å². The molecule has 0 atom stereocenters. The third-order valence-electron chi connectivity index (χ3n) is 2.07. The number of halogens is 3. The third-order valence-corrected chi connectivity index (χ3v) is 2.99. The van der Waals surface area contributed by atoms with Gasteiger partial charge in [-0.1, -0.05) is 40.9 Å². The minimum atomic E-state index is 0.404. The number of pyridine rings is 1. The monoisotopic (exact) mass is 287 g/mol. The number of benzene rings is 1. The number of nitrogens with two attached hydrogens (primary N) is 1. The van der Waals surface area contributed by atoms with Gasteiger partial charge in [0.15, 0.2) is 0 Å². The van der Waals surface area contributed by atoms with Crippen molar-refractivity contribution in [3.8, 4) is 0 Å². The minimum absolute atomic E-state index is 0.404. The van der Waals surface area contributed by atoms with Gasteiger partial charge in [0.25, 0.3) is 0 Å². The SMILES string of the molecule is Nc1cnc(Nc2c(Cl)cccc2Cl)c(Cl)c1. The molecule has 3 N–H and O–H groups in total. The van der Waals surface area contributed by atoms with Crippen LogP contribution in [-0.4, -0.2) is 4.98 Å². The van der Waals surface area contributed by atoms with E-state index in [1.54, 1.807) is 24.3 Å². The highest BCUT2D eigenvalue weighted by Crippen LogP contribution is 2.34. The first-order valence-corrected chi connectivity index (χ1v) is 5.83. The van der Waals surface area contributed by atoms with E-state index in [2.05, 4.69) is 10.3 Å². The molecule has 0 saturated heterocycles. The van der Waals surface area contributed by atoms with Crippen LogP contribution in [0.25, 0.3) is 0 Å². The van der Waals surface area contributed by atoms with Crippen LogP contribution in [0.15, 0.2) is 30.5 Å². The largest absolute Gasteiger partial charge is 0.397 e. The van der Waals surface area contributed by atoms with Gasteiger partial charge < -0.3 is 11.1 Å². The summed E-state index contributed by atoms with van der Waals surface area (Å²) in [5.41, 5.74) is 6.61. The van der Waals surface area contributed by atoms with Crippen LogP contribution in [0.1, 0.15) is 0 Å². The number of nitrogens with zero attached hydrogens (tertiary/aromatic N) is 1. The number of nitrogen functional groups attached to an aromatic ring is 1. The summed E-state index contributed by atoms with van der Waals surface area (Å²) >= 11 is 18.0. The van der Waals surface area contributed by atoms with Crippen molar-refractivity contribution in [2.75, 3.05) is 11.1 Å². The van der Waals surface area contributed by atoms with Gasteiger partial charge in [0, 0.05) is 0 Å². The fourth-order valence-electron chi connectivity index (χ4n) is 1.28. The summed E-state index contributed by atoms with van der Waals surface area (Å²) in [5.74, 6) is 0.455. The molecule has 17 heavy (non-hydrogen) atoms. The van der Waals surface area contributed by atoms with Crippen LogP contribution >= 0.6 is 34.8 Å². The predicted octanol–water partition coefficient (Wildman–Crippen LogP) is 4.37. The van der Waals surface area contributed by atoms with Crippen molar-refractivity contribution in [3.05, 3.63) is 45.5 Å². The van der Waals surface area contributed by atoms with Crippen LogP contribution in [0.3, 0.4) is 0 Å². The van der Waals surface area contributed by atoms with Crippen molar-refractivity contribution in [3.63, 3.8) is 0 Å². The van der Waals surface area contributed by atoms with E-state index in [1.807, 2.05) is 0 Å². The second-order valence-electron chi connectivity index (χ2n) is 3.32. The van der Waals surface area contributed by atoms with Crippen molar-refractivity contribution >= 4 is 52.0 Å². The van der Waals surface area contributed by atoms with E-state index in [0.29, 0.717) is 32.3 Å². The summed E-state index contributed by atoms with van der Waals surface area (Å²) in [6, 6.07) is 6.80. The van der Waals surface area contributed by atoms with Gasteiger partial charge in [0.05, 0.1) is 32.6 Å². The van der Waals surface area contributed by atoms with Gasteiger partial charge in [-0.05, 0) is 18.2 Å². The molecule has 0 unspecified atom stereocenters. The molecule has 0 fully saturated rings. The van der Waals surface area contributed by atoms with E-state index < -0.39 is 0 Å². The molecule has 0 radical (unpaired) electrons. The van der Waals surface area contributed by atoms with Crippen LogP contribution in [0.2, 0.25) is 15.1 Å². The van der Waals surface area contributed by atoms with Crippen molar-refractivity contribution in [1.29, 1.82) is 0 Å². The number of aromatic nitrogens is 1. The third kappa shape index (κ3) is 2.75. The highest BCUT2D eigenvalue weighted by Gasteiger charge is 2.08. The fraction of sp³-hybridized carbons (Fsp3) is 0. The molecule has 6 heteroatoms. The normalized spacial score (nSPS) is 10.3. The van der Waals surface area contributed by atoms with Crippen molar-refractivity contribution in [1.82, 2.24) is 4.98 Å². The first-order valence-electron chi connectivity index (χ1n) is 4.70. The summed E-state index contributed by atoms with van der Waals surface area (Å²) in [7, 11) is 0. The maximum absolute atomic E-state index is 6.02. The van der Waals surface area contributed by atoms with Crippen LogP contribution < -0.4 is 11.1 Å². The lowest BCUT2D eigenvalue weighted by Gasteiger charge is -2.10. The van der Waals surface area contributed by atoms with Gasteiger partial charge in [-0.3, -0.25) is 0 Å². The van der Waals surface area contributed by atoms with Crippen molar-refractivity contribution in [2.24, 2.45) is 0 Å². The Morgan fingerprint density at radius 3 is 2.29 bits per heavy atom. The lowest BCUT2D eigenvalue weighted by Crippen LogP contribution is -1.97. The molecule has 2 aromatic rings. The molecular weight excluding hydrogens is 281 g/mol. The molecule has 0 amide bonds. The van der Waals surface area contributed by atoms with Crippen molar-refractivity contribution in [2.45, 2.75) is 0 Å². The Balaban J connectivity index is 2.38. The smallest absolute Gasteiger partial charge is 0.149 e. The molecule has 0 aliphatic rings. The Bertz CT molecular complexity index is 537. The van der Waals surface area contributed by atoms with E-state index in [-0.39, 0.29) is 0 Å². The van der Waals surface area contributed by atoms with Crippen LogP contribution in [0.4, 0.5) is 17.2 Å². The summed E-state index contributed by atoms with van der Waals surface area (Å²) in [6.07, 6.45) is 1.50. The molecule has 2 rings (SSSR count). The predicted molar refractivity (Wildman–Crippen MR) is 73.4 cm³/mol. The lowest BCUT2D eigenvalue weighted by atomic mass is 10.3. The first-order chi connectivity index (χ1) is 8.08. The van der Waals surface area contributed by atoms with Gasteiger partial charge in [-0.25, -0.2) is 4.98 Å². The van der Waals surface area contributed by atoms with Gasteiger partial charge in [-0.2, -0.15) is 0 Å². The van der Waals surface area contributed by atoms with Gasteiger partial charge in [0.2, 0.25) is 0 Å². The molecule has 0 spiro atoms. The molecule has 0 aliphatic heterocycles. The summed E-state index contributed by atoms with van der Waals surface area (Å²) in [5, 5.41) is 4.36. The number of anilines is 3. The zero-order valence-corrected chi connectivity index (χ0v) is 10.8. The van der Waals surface area contributed by atoms with E-state index >= 15 is 0 Å². The Labute approximate surface area is 114 Å². The van der Waals surface area contributed by atoms with E-state index in [9.17, 15) is 0 Å². The molecule has 1 aromatic heterocycles. The van der Waals surface area contributed by atoms with E-state index in [4.69, 9.17) is 40.5 Å². The fourth-order valence-corrected chi connectivity index (χ4v) is 1.99. The highest BCUT2D eigenvalue weighted by molar-refractivity contribution is 6.39. The minimum Gasteiger partial charge on any atom is -0.397 e. The molecule has 0 aliphatic carbocycles. The summed E-state index contributed by atoms with van der Waals surface area (Å²) in [4.78, 5) is 4.07. The van der Waals surface area contributed by atoms with Gasteiger partial charge in [0.1, 0.15) is 5.82 Å². The molecular formula is C11H8Cl3N3. The first kappa shape index (κ1) is 12.3. The Kier molecular flexibility index (Phi) is 3.62. The van der Waals surface area contributed by atoms with Crippen LogP contribution in [-0.2, 0) is 0 Å². The second kappa shape index (κ2) is 5.00. The maximum Gasteiger partial charge on any atom is 0.149 e. The zero-order chi connectivity index (χ0) is 12.4. The molecule has 3 nitrogen and oxygen atoms in total. The molecule has 1 heterocycles. The Hall–Kier alpha value is -1.16. The molecule has 1 aromatic carbocycles. The Morgan fingerprint density at radius 2 is 1.71 bits per heavy atom. The zero-order valence-electron chi connectivity index (χ0n) is 8.55.